The fourth-order valence-electron chi connectivity index (χ4n) is 1.56. The highest BCUT2D eigenvalue weighted by Crippen LogP contribution is 2.13. The third-order valence-electron chi connectivity index (χ3n) is 2.79. The van der Waals surface area contributed by atoms with Gasteiger partial charge in [0.15, 0.2) is 0 Å². The molecule has 0 aliphatic carbocycles. The molecule has 0 saturated heterocycles. The minimum Gasteiger partial charge on any atom is -0.478 e. The van der Waals surface area contributed by atoms with Gasteiger partial charge in [0, 0.05) is 12.2 Å². The number of carbonyl (C=O) groups is 1. The van der Waals surface area contributed by atoms with E-state index in [0.717, 1.165) is 32.1 Å². The van der Waals surface area contributed by atoms with E-state index in [9.17, 15) is 4.79 Å². The molecule has 0 fully saturated rings. The first-order chi connectivity index (χ1) is 7.57. The van der Waals surface area contributed by atoms with Gasteiger partial charge in [-0.15, -0.1) is 0 Å². The highest BCUT2D eigenvalue weighted by molar-refractivity contribution is 5.85. The smallest absolute Gasteiger partial charge is 0.330 e. The molecule has 3 heteroatoms. The van der Waals surface area contributed by atoms with Crippen molar-refractivity contribution in [3.63, 3.8) is 0 Å². The molecule has 2 N–H and O–H groups in total. The van der Waals surface area contributed by atoms with Gasteiger partial charge in [0.2, 0.25) is 0 Å². The summed E-state index contributed by atoms with van der Waals surface area (Å²) in [5, 5.41) is 17.4. The summed E-state index contributed by atoms with van der Waals surface area (Å²) in [5.41, 5.74) is 0.314. The first kappa shape index (κ1) is 15.2. The molecule has 3 nitrogen and oxygen atoms in total. The Morgan fingerprint density at radius 3 is 2.31 bits per heavy atom. The van der Waals surface area contributed by atoms with Crippen molar-refractivity contribution >= 4 is 5.97 Å². The van der Waals surface area contributed by atoms with E-state index < -0.39 is 5.97 Å². The van der Waals surface area contributed by atoms with E-state index in [1.54, 1.807) is 0 Å². The lowest BCUT2D eigenvalue weighted by molar-refractivity contribution is -0.132. The van der Waals surface area contributed by atoms with Gasteiger partial charge in [0.1, 0.15) is 0 Å². The first-order valence-corrected chi connectivity index (χ1v) is 6.09. The maximum Gasteiger partial charge on any atom is 0.330 e. The van der Waals surface area contributed by atoms with Gasteiger partial charge in [-0.05, 0) is 25.2 Å². The van der Waals surface area contributed by atoms with Gasteiger partial charge < -0.3 is 10.2 Å². The zero-order chi connectivity index (χ0) is 12.4. The number of aliphatic hydroxyl groups excluding tert-OH is 1. The van der Waals surface area contributed by atoms with Crippen molar-refractivity contribution in [3.8, 4) is 0 Å². The monoisotopic (exact) mass is 228 g/mol. The van der Waals surface area contributed by atoms with Crippen molar-refractivity contribution < 1.29 is 15.0 Å². The SMILES string of the molecule is C=C(CCCCCCCC(C)CO)C(=O)O. The Balaban J connectivity index is 3.22. The molecule has 0 aromatic carbocycles. The number of rotatable bonds is 10. The molecule has 1 atom stereocenters. The number of hydrogen-bond donors (Lipinski definition) is 2. The molecule has 0 aliphatic rings. The second-order valence-electron chi connectivity index (χ2n) is 4.50. The highest BCUT2D eigenvalue weighted by atomic mass is 16.4. The lowest BCUT2D eigenvalue weighted by Crippen LogP contribution is -2.00. The summed E-state index contributed by atoms with van der Waals surface area (Å²) < 4.78 is 0. The van der Waals surface area contributed by atoms with E-state index in [-0.39, 0.29) is 6.61 Å². The van der Waals surface area contributed by atoms with Crippen LogP contribution in [0, 0.1) is 5.92 Å². The lowest BCUT2D eigenvalue weighted by Gasteiger charge is -2.06. The average Bonchev–Trinajstić information content (AvgIpc) is 2.26. The van der Waals surface area contributed by atoms with Crippen molar-refractivity contribution in [2.75, 3.05) is 6.61 Å². The van der Waals surface area contributed by atoms with Crippen LogP contribution in [0.1, 0.15) is 51.9 Å². The van der Waals surface area contributed by atoms with Gasteiger partial charge in [-0.2, -0.15) is 0 Å². The quantitative estimate of drug-likeness (QED) is 0.446. The molecular formula is C13H24O3. The van der Waals surface area contributed by atoms with Crippen LogP contribution in [0.15, 0.2) is 12.2 Å². The summed E-state index contributed by atoms with van der Waals surface area (Å²) in [6, 6.07) is 0. The molecule has 0 radical (unpaired) electrons. The molecular weight excluding hydrogens is 204 g/mol. The van der Waals surface area contributed by atoms with Crippen LogP contribution in [-0.4, -0.2) is 22.8 Å². The van der Waals surface area contributed by atoms with Gasteiger partial charge in [-0.1, -0.05) is 39.2 Å². The molecule has 0 amide bonds. The van der Waals surface area contributed by atoms with Crippen LogP contribution >= 0.6 is 0 Å². The van der Waals surface area contributed by atoms with E-state index in [4.69, 9.17) is 10.2 Å². The topological polar surface area (TPSA) is 57.5 Å². The van der Waals surface area contributed by atoms with Gasteiger partial charge in [0.05, 0.1) is 0 Å². The Morgan fingerprint density at radius 2 is 1.75 bits per heavy atom. The molecule has 94 valence electrons. The van der Waals surface area contributed by atoms with Gasteiger partial charge in [-0.3, -0.25) is 0 Å². The summed E-state index contributed by atoms with van der Waals surface area (Å²) in [7, 11) is 0. The van der Waals surface area contributed by atoms with E-state index >= 15 is 0 Å². The Morgan fingerprint density at radius 1 is 1.19 bits per heavy atom. The third-order valence-corrected chi connectivity index (χ3v) is 2.79. The molecule has 16 heavy (non-hydrogen) atoms. The Labute approximate surface area is 98.2 Å². The average molecular weight is 228 g/mol. The maximum absolute atomic E-state index is 10.5. The number of unbranched alkanes of at least 4 members (excludes halogenated alkanes) is 4. The summed E-state index contributed by atoms with van der Waals surface area (Å²) in [6.45, 7) is 5.82. The van der Waals surface area contributed by atoms with Crippen LogP contribution in [0.25, 0.3) is 0 Å². The fraction of sp³-hybridized carbons (Fsp3) is 0.769. The predicted molar refractivity (Wildman–Crippen MR) is 65.3 cm³/mol. The molecule has 0 aromatic rings. The van der Waals surface area contributed by atoms with Crippen LogP contribution in [0.3, 0.4) is 0 Å². The highest BCUT2D eigenvalue weighted by Gasteiger charge is 2.03. The van der Waals surface area contributed by atoms with E-state index in [0.29, 0.717) is 17.9 Å². The normalized spacial score (nSPS) is 12.4. The van der Waals surface area contributed by atoms with E-state index in [1.165, 1.54) is 6.42 Å². The van der Waals surface area contributed by atoms with Gasteiger partial charge in [-0.25, -0.2) is 4.79 Å². The minimum absolute atomic E-state index is 0.276. The number of aliphatic carboxylic acids is 1. The number of hydrogen-bond acceptors (Lipinski definition) is 2. The van der Waals surface area contributed by atoms with Crippen LogP contribution in [0.4, 0.5) is 0 Å². The molecule has 0 rings (SSSR count). The van der Waals surface area contributed by atoms with Crippen LogP contribution in [-0.2, 0) is 4.79 Å². The second kappa shape index (κ2) is 9.40. The van der Waals surface area contributed by atoms with Crippen LogP contribution in [0.5, 0.6) is 0 Å². The second-order valence-corrected chi connectivity index (χ2v) is 4.50. The summed E-state index contributed by atoms with van der Waals surface area (Å²) in [4.78, 5) is 10.5. The molecule has 0 bridgehead atoms. The predicted octanol–water partition coefficient (Wildman–Crippen LogP) is 2.99. The molecule has 0 saturated carbocycles. The van der Waals surface area contributed by atoms with Crippen LogP contribution < -0.4 is 0 Å². The Bertz CT molecular complexity index is 211. The van der Waals surface area contributed by atoms with Crippen molar-refractivity contribution in [1.82, 2.24) is 0 Å². The van der Waals surface area contributed by atoms with Crippen LogP contribution in [0.2, 0.25) is 0 Å². The minimum atomic E-state index is -0.878. The van der Waals surface area contributed by atoms with Crippen molar-refractivity contribution in [2.24, 2.45) is 5.92 Å². The lowest BCUT2D eigenvalue weighted by atomic mass is 10.0. The van der Waals surface area contributed by atoms with Gasteiger partial charge >= 0.3 is 5.97 Å². The van der Waals surface area contributed by atoms with E-state index in [2.05, 4.69) is 13.5 Å². The Hall–Kier alpha value is -0.830. The zero-order valence-electron chi connectivity index (χ0n) is 10.2. The van der Waals surface area contributed by atoms with Gasteiger partial charge in [0.25, 0.3) is 0 Å². The molecule has 0 aliphatic heterocycles. The fourth-order valence-corrected chi connectivity index (χ4v) is 1.56. The third kappa shape index (κ3) is 8.48. The summed E-state index contributed by atoms with van der Waals surface area (Å²) >= 11 is 0. The summed E-state index contributed by atoms with van der Waals surface area (Å²) in [6.07, 6.45) is 7.14. The number of carboxylic acids is 1. The largest absolute Gasteiger partial charge is 0.478 e. The maximum atomic E-state index is 10.5. The number of carboxylic acid groups (broad SMARTS) is 1. The Kier molecular flexibility index (Phi) is 8.91. The van der Waals surface area contributed by atoms with Crippen molar-refractivity contribution in [3.05, 3.63) is 12.2 Å². The standard InChI is InChI=1S/C13H24O3/c1-11(10-14)8-6-4-3-5-7-9-12(2)13(15)16/h11,14H,2-10H2,1H3,(H,15,16). The molecule has 0 spiro atoms. The summed E-state index contributed by atoms with van der Waals surface area (Å²) in [5.74, 6) is -0.469. The van der Waals surface area contributed by atoms with Crippen molar-refractivity contribution in [1.29, 1.82) is 0 Å². The molecule has 0 aromatic heterocycles. The first-order valence-electron chi connectivity index (χ1n) is 6.09. The van der Waals surface area contributed by atoms with E-state index in [1.807, 2.05) is 0 Å². The molecule has 0 heterocycles. The van der Waals surface area contributed by atoms with Crippen molar-refractivity contribution in [2.45, 2.75) is 51.9 Å². The zero-order valence-corrected chi connectivity index (χ0v) is 10.2. The number of aliphatic hydroxyl groups is 1. The molecule has 1 unspecified atom stereocenters.